The molecule has 8 nitrogen and oxygen atoms in total. The molecule has 1 N–H and O–H groups in total. The first kappa shape index (κ1) is 16.0. The van der Waals surface area contributed by atoms with Gasteiger partial charge in [0.1, 0.15) is 5.75 Å². The summed E-state index contributed by atoms with van der Waals surface area (Å²) in [5.74, 6) is 0.921. The molecule has 2 aromatic rings. The average Bonchev–Trinajstić information content (AvgIpc) is 2.84. The minimum atomic E-state index is -0.571. The molecule has 120 valence electrons. The standard InChI is InChI=1S/C14H21N5O3/c1-4-21-14(20)16-13-15-12-10-11(6-8-19(12)17-13)22-9-5-7-18(2)3/h6,8,10H,4-5,7,9H2,1-3H3,(H,16,17,20). The predicted molar refractivity (Wildman–Crippen MR) is 82.3 cm³/mol. The van der Waals surface area contributed by atoms with E-state index in [0.29, 0.717) is 18.9 Å². The van der Waals surface area contributed by atoms with E-state index in [4.69, 9.17) is 9.47 Å². The minimum absolute atomic E-state index is 0.197. The van der Waals surface area contributed by atoms with E-state index in [-0.39, 0.29) is 5.95 Å². The van der Waals surface area contributed by atoms with Gasteiger partial charge in [-0.1, -0.05) is 0 Å². The number of hydrogen-bond donors (Lipinski definition) is 1. The monoisotopic (exact) mass is 307 g/mol. The fourth-order valence-corrected chi connectivity index (χ4v) is 1.83. The second-order valence-corrected chi connectivity index (χ2v) is 4.95. The van der Waals surface area contributed by atoms with Crippen LogP contribution < -0.4 is 10.1 Å². The summed E-state index contributed by atoms with van der Waals surface area (Å²) in [4.78, 5) is 17.6. The maximum atomic E-state index is 11.3. The first-order valence-electron chi connectivity index (χ1n) is 7.16. The van der Waals surface area contributed by atoms with Crippen molar-refractivity contribution in [1.82, 2.24) is 19.5 Å². The summed E-state index contributed by atoms with van der Waals surface area (Å²) < 4.78 is 12.0. The molecular formula is C14H21N5O3. The van der Waals surface area contributed by atoms with E-state index in [0.717, 1.165) is 18.7 Å². The number of hydrogen-bond acceptors (Lipinski definition) is 6. The molecule has 1 amide bonds. The number of amides is 1. The first-order chi connectivity index (χ1) is 10.6. The lowest BCUT2D eigenvalue weighted by atomic mass is 10.4. The Labute approximate surface area is 129 Å². The molecule has 0 radical (unpaired) electrons. The molecule has 0 aromatic carbocycles. The van der Waals surface area contributed by atoms with Gasteiger partial charge in [0.15, 0.2) is 5.65 Å². The fourth-order valence-electron chi connectivity index (χ4n) is 1.83. The molecule has 0 bridgehead atoms. The third-order valence-corrected chi connectivity index (χ3v) is 2.82. The molecule has 2 rings (SSSR count). The zero-order valence-corrected chi connectivity index (χ0v) is 13.1. The van der Waals surface area contributed by atoms with Crippen LogP contribution in [0.25, 0.3) is 5.65 Å². The van der Waals surface area contributed by atoms with E-state index in [1.807, 2.05) is 20.2 Å². The van der Waals surface area contributed by atoms with Crippen LogP contribution in [0.5, 0.6) is 5.75 Å². The summed E-state index contributed by atoms with van der Waals surface area (Å²) in [6.07, 6.45) is 2.11. The first-order valence-corrected chi connectivity index (χ1v) is 7.16. The van der Waals surface area contributed by atoms with Gasteiger partial charge >= 0.3 is 6.09 Å². The second-order valence-electron chi connectivity index (χ2n) is 4.95. The summed E-state index contributed by atoms with van der Waals surface area (Å²) in [5, 5.41) is 6.59. The molecule has 0 spiro atoms. The third kappa shape index (κ3) is 4.59. The Hall–Kier alpha value is -2.35. The van der Waals surface area contributed by atoms with Crippen molar-refractivity contribution in [1.29, 1.82) is 0 Å². The Morgan fingerprint density at radius 1 is 1.45 bits per heavy atom. The fraction of sp³-hybridized carbons (Fsp3) is 0.500. The molecule has 8 heteroatoms. The van der Waals surface area contributed by atoms with Crippen LogP contribution in [0.2, 0.25) is 0 Å². The van der Waals surface area contributed by atoms with E-state index in [9.17, 15) is 4.79 Å². The van der Waals surface area contributed by atoms with Crippen molar-refractivity contribution < 1.29 is 14.3 Å². The van der Waals surface area contributed by atoms with Crippen LogP contribution in [0.4, 0.5) is 10.7 Å². The van der Waals surface area contributed by atoms with Crippen LogP contribution in [0, 0.1) is 0 Å². The van der Waals surface area contributed by atoms with Crippen LogP contribution in [-0.2, 0) is 4.74 Å². The third-order valence-electron chi connectivity index (χ3n) is 2.82. The quantitative estimate of drug-likeness (QED) is 0.783. The number of aromatic nitrogens is 3. The van der Waals surface area contributed by atoms with Gasteiger partial charge < -0.3 is 14.4 Å². The van der Waals surface area contributed by atoms with Gasteiger partial charge in [-0.25, -0.2) is 9.31 Å². The lowest BCUT2D eigenvalue weighted by molar-refractivity contribution is 0.167. The maximum absolute atomic E-state index is 11.3. The normalized spacial score (nSPS) is 10.9. The van der Waals surface area contributed by atoms with Crippen molar-refractivity contribution >= 4 is 17.7 Å². The Balaban J connectivity index is 1.96. The van der Waals surface area contributed by atoms with Gasteiger partial charge in [-0.3, -0.25) is 5.32 Å². The highest BCUT2D eigenvalue weighted by Gasteiger charge is 2.09. The highest BCUT2D eigenvalue weighted by atomic mass is 16.5. The van der Waals surface area contributed by atoms with Gasteiger partial charge in [0.05, 0.1) is 13.2 Å². The SMILES string of the molecule is CCOC(=O)Nc1nc2cc(OCCCN(C)C)ccn2n1. The molecule has 22 heavy (non-hydrogen) atoms. The largest absolute Gasteiger partial charge is 0.493 e. The molecule has 0 saturated heterocycles. The van der Waals surface area contributed by atoms with E-state index >= 15 is 0 Å². The lowest BCUT2D eigenvalue weighted by Crippen LogP contribution is -2.15. The smallest absolute Gasteiger partial charge is 0.414 e. The number of anilines is 1. The summed E-state index contributed by atoms with van der Waals surface area (Å²) >= 11 is 0. The summed E-state index contributed by atoms with van der Waals surface area (Å²) in [6, 6.07) is 3.59. The lowest BCUT2D eigenvalue weighted by Gasteiger charge is -2.10. The highest BCUT2D eigenvalue weighted by molar-refractivity contribution is 5.82. The Morgan fingerprint density at radius 2 is 2.27 bits per heavy atom. The van der Waals surface area contributed by atoms with Crippen LogP contribution in [0.15, 0.2) is 18.3 Å². The van der Waals surface area contributed by atoms with Crippen molar-refractivity contribution in [2.75, 3.05) is 39.2 Å². The summed E-state index contributed by atoms with van der Waals surface area (Å²) in [7, 11) is 4.06. The van der Waals surface area contributed by atoms with Gasteiger partial charge in [0.25, 0.3) is 5.95 Å². The van der Waals surface area contributed by atoms with E-state index in [1.54, 1.807) is 23.7 Å². The van der Waals surface area contributed by atoms with Crippen molar-refractivity contribution in [3.8, 4) is 5.75 Å². The molecule has 0 unspecified atom stereocenters. The zero-order valence-electron chi connectivity index (χ0n) is 13.1. The predicted octanol–water partition coefficient (Wildman–Crippen LogP) is 1.63. The van der Waals surface area contributed by atoms with Crippen molar-refractivity contribution in [2.24, 2.45) is 0 Å². The van der Waals surface area contributed by atoms with Crippen molar-refractivity contribution in [3.05, 3.63) is 18.3 Å². The van der Waals surface area contributed by atoms with Gasteiger partial charge in [0.2, 0.25) is 0 Å². The molecule has 0 atom stereocenters. The summed E-state index contributed by atoms with van der Waals surface area (Å²) in [6.45, 7) is 3.64. The minimum Gasteiger partial charge on any atom is -0.493 e. The number of carbonyl (C=O) groups is 1. The van der Waals surface area contributed by atoms with Crippen LogP contribution >= 0.6 is 0 Å². The zero-order chi connectivity index (χ0) is 15.9. The number of rotatable bonds is 7. The Kier molecular flexibility index (Phi) is 5.54. The average molecular weight is 307 g/mol. The number of ether oxygens (including phenoxy) is 2. The van der Waals surface area contributed by atoms with Gasteiger partial charge in [-0.15, -0.1) is 5.10 Å². The second kappa shape index (κ2) is 7.60. The maximum Gasteiger partial charge on any atom is 0.414 e. The van der Waals surface area contributed by atoms with Crippen LogP contribution in [0.1, 0.15) is 13.3 Å². The molecule has 2 heterocycles. The molecule has 0 aliphatic rings. The van der Waals surface area contributed by atoms with Gasteiger partial charge in [-0.2, -0.15) is 4.98 Å². The van der Waals surface area contributed by atoms with Gasteiger partial charge in [0, 0.05) is 18.8 Å². The number of fused-ring (bicyclic) bond motifs is 1. The molecule has 2 aromatic heterocycles. The van der Waals surface area contributed by atoms with E-state index in [1.165, 1.54) is 0 Å². The molecule has 0 saturated carbocycles. The van der Waals surface area contributed by atoms with Crippen molar-refractivity contribution in [3.63, 3.8) is 0 Å². The molecule has 0 aliphatic heterocycles. The van der Waals surface area contributed by atoms with Gasteiger partial charge in [-0.05, 0) is 33.5 Å². The Morgan fingerprint density at radius 3 is 3.00 bits per heavy atom. The summed E-state index contributed by atoms with van der Waals surface area (Å²) in [5.41, 5.74) is 0.594. The van der Waals surface area contributed by atoms with Crippen molar-refractivity contribution in [2.45, 2.75) is 13.3 Å². The number of nitrogens with one attached hydrogen (secondary N) is 1. The van der Waals surface area contributed by atoms with E-state index in [2.05, 4.69) is 20.3 Å². The molecule has 0 aliphatic carbocycles. The number of pyridine rings is 1. The topological polar surface area (TPSA) is 81.0 Å². The highest BCUT2D eigenvalue weighted by Crippen LogP contribution is 2.15. The number of carbonyl (C=O) groups excluding carboxylic acids is 1. The molecule has 0 fully saturated rings. The van der Waals surface area contributed by atoms with Crippen LogP contribution in [-0.4, -0.2) is 59.4 Å². The Bertz CT molecular complexity index is 626. The van der Waals surface area contributed by atoms with E-state index < -0.39 is 6.09 Å². The van der Waals surface area contributed by atoms with Crippen LogP contribution in [0.3, 0.4) is 0 Å². The molecular weight excluding hydrogens is 286 g/mol. The number of nitrogens with zero attached hydrogens (tertiary/aromatic N) is 4.